The van der Waals surface area contributed by atoms with Gasteiger partial charge in [0.15, 0.2) is 0 Å². The lowest BCUT2D eigenvalue weighted by atomic mass is 9.95. The Balaban J connectivity index is 2.21. The van der Waals surface area contributed by atoms with E-state index in [1.807, 2.05) is 6.07 Å². The second kappa shape index (κ2) is 6.24. The number of aromatic nitrogens is 1. The topological polar surface area (TPSA) is 60.1 Å². The van der Waals surface area contributed by atoms with Crippen molar-refractivity contribution >= 4 is 5.91 Å². The predicted molar refractivity (Wildman–Crippen MR) is 77.4 cm³/mol. The maximum absolute atomic E-state index is 12.1. The molecule has 0 unspecified atom stereocenters. The molecule has 0 aromatic carbocycles. The fraction of sp³-hybridized carbons (Fsp3) is 0.667. The van der Waals surface area contributed by atoms with Gasteiger partial charge in [-0.2, -0.15) is 0 Å². The first-order valence-corrected chi connectivity index (χ1v) is 7.32. The normalized spacial score (nSPS) is 16.6. The van der Waals surface area contributed by atoms with Gasteiger partial charge in [-0.25, -0.2) is 0 Å². The van der Waals surface area contributed by atoms with Crippen LogP contribution in [0.3, 0.4) is 0 Å². The van der Waals surface area contributed by atoms with Crippen molar-refractivity contribution in [1.29, 1.82) is 0 Å². The zero-order chi connectivity index (χ0) is 13.8. The molecule has 3 N–H and O–H groups in total. The van der Waals surface area contributed by atoms with E-state index in [2.05, 4.69) is 23.7 Å². The fourth-order valence-electron chi connectivity index (χ4n) is 3.19. The lowest BCUT2D eigenvalue weighted by molar-refractivity contribution is 0.0954. The molecule has 0 radical (unpaired) electrons. The maximum atomic E-state index is 12.1. The molecular weight excluding hydrogens is 238 g/mol. The van der Waals surface area contributed by atoms with Crippen molar-refractivity contribution in [2.45, 2.75) is 52.0 Å². The minimum Gasteiger partial charge on any atom is -0.351 e. The zero-order valence-corrected chi connectivity index (χ0v) is 12.0. The number of nitrogens with one attached hydrogen (secondary N) is 1. The Kier molecular flexibility index (Phi) is 4.64. The number of hydrogen-bond acceptors (Lipinski definition) is 2. The summed E-state index contributed by atoms with van der Waals surface area (Å²) in [5.74, 6) is 0.000564. The van der Waals surface area contributed by atoms with Crippen LogP contribution in [0.4, 0.5) is 0 Å². The summed E-state index contributed by atoms with van der Waals surface area (Å²) in [6.45, 7) is 5.17. The molecular formula is C15H25N3O. The minimum absolute atomic E-state index is 0.000564. The molecule has 1 saturated carbocycles. The fourth-order valence-corrected chi connectivity index (χ4v) is 3.19. The Labute approximate surface area is 115 Å². The van der Waals surface area contributed by atoms with Crippen molar-refractivity contribution in [2.24, 2.45) is 5.73 Å². The SMILES string of the molecule is Cc1cc(C(=O)NCCN)c(C)n1C1CCCCC1. The van der Waals surface area contributed by atoms with E-state index in [0.717, 1.165) is 11.3 Å². The van der Waals surface area contributed by atoms with E-state index < -0.39 is 0 Å². The van der Waals surface area contributed by atoms with Crippen molar-refractivity contribution in [1.82, 2.24) is 9.88 Å². The van der Waals surface area contributed by atoms with E-state index in [4.69, 9.17) is 5.73 Å². The highest BCUT2D eigenvalue weighted by atomic mass is 16.1. The highest BCUT2D eigenvalue weighted by molar-refractivity contribution is 5.95. The second-order valence-electron chi connectivity index (χ2n) is 5.49. The van der Waals surface area contributed by atoms with E-state index >= 15 is 0 Å². The summed E-state index contributed by atoms with van der Waals surface area (Å²) in [5, 5.41) is 2.86. The molecule has 1 aliphatic carbocycles. The molecule has 0 spiro atoms. The molecule has 1 aromatic rings. The molecule has 106 valence electrons. The Morgan fingerprint density at radius 1 is 1.37 bits per heavy atom. The van der Waals surface area contributed by atoms with Crippen molar-refractivity contribution in [3.8, 4) is 0 Å². The molecule has 1 aromatic heterocycles. The van der Waals surface area contributed by atoms with Crippen LogP contribution in [0.25, 0.3) is 0 Å². The van der Waals surface area contributed by atoms with Gasteiger partial charge in [0.25, 0.3) is 5.91 Å². The summed E-state index contributed by atoms with van der Waals surface area (Å²) in [4.78, 5) is 12.1. The summed E-state index contributed by atoms with van der Waals surface area (Å²) < 4.78 is 2.36. The summed E-state index contributed by atoms with van der Waals surface area (Å²) in [6, 6.07) is 2.58. The Morgan fingerprint density at radius 2 is 2.05 bits per heavy atom. The number of carbonyl (C=O) groups excluding carboxylic acids is 1. The van der Waals surface area contributed by atoms with E-state index in [1.54, 1.807) is 0 Å². The van der Waals surface area contributed by atoms with Gasteiger partial charge in [0.1, 0.15) is 0 Å². The monoisotopic (exact) mass is 263 g/mol. The smallest absolute Gasteiger partial charge is 0.253 e. The number of hydrogen-bond donors (Lipinski definition) is 2. The molecule has 1 amide bonds. The van der Waals surface area contributed by atoms with Crippen LogP contribution in [0.15, 0.2) is 6.07 Å². The lowest BCUT2D eigenvalue weighted by Crippen LogP contribution is -2.29. The number of rotatable bonds is 4. The van der Waals surface area contributed by atoms with Crippen LogP contribution >= 0.6 is 0 Å². The number of aryl methyl sites for hydroxylation is 1. The average Bonchev–Trinajstić information content (AvgIpc) is 2.72. The van der Waals surface area contributed by atoms with Crippen LogP contribution in [0.2, 0.25) is 0 Å². The van der Waals surface area contributed by atoms with E-state index in [-0.39, 0.29) is 5.91 Å². The summed E-state index contributed by atoms with van der Waals surface area (Å²) in [5.41, 5.74) is 8.52. The molecule has 0 aliphatic heterocycles. The van der Waals surface area contributed by atoms with Crippen LogP contribution in [-0.4, -0.2) is 23.6 Å². The summed E-state index contributed by atoms with van der Waals surface area (Å²) >= 11 is 0. The Bertz CT molecular complexity index is 444. The maximum Gasteiger partial charge on any atom is 0.253 e. The van der Waals surface area contributed by atoms with Crippen LogP contribution in [-0.2, 0) is 0 Å². The first-order valence-electron chi connectivity index (χ1n) is 7.32. The van der Waals surface area contributed by atoms with E-state index in [0.29, 0.717) is 19.1 Å². The number of nitrogens with zero attached hydrogens (tertiary/aromatic N) is 1. The van der Waals surface area contributed by atoms with Gasteiger partial charge in [-0.05, 0) is 32.8 Å². The van der Waals surface area contributed by atoms with Gasteiger partial charge in [-0.1, -0.05) is 19.3 Å². The number of amides is 1. The van der Waals surface area contributed by atoms with Crippen molar-refractivity contribution in [3.05, 3.63) is 23.0 Å². The Hall–Kier alpha value is -1.29. The quantitative estimate of drug-likeness (QED) is 0.875. The molecule has 0 bridgehead atoms. The van der Waals surface area contributed by atoms with E-state index in [9.17, 15) is 4.79 Å². The van der Waals surface area contributed by atoms with Crippen molar-refractivity contribution < 1.29 is 4.79 Å². The summed E-state index contributed by atoms with van der Waals surface area (Å²) in [7, 11) is 0. The lowest BCUT2D eigenvalue weighted by Gasteiger charge is -2.26. The highest BCUT2D eigenvalue weighted by Crippen LogP contribution is 2.32. The first kappa shape index (κ1) is 14.1. The van der Waals surface area contributed by atoms with Gasteiger partial charge in [0.2, 0.25) is 0 Å². The number of carbonyl (C=O) groups is 1. The molecule has 0 atom stereocenters. The van der Waals surface area contributed by atoms with Gasteiger partial charge in [0.05, 0.1) is 5.56 Å². The largest absolute Gasteiger partial charge is 0.351 e. The minimum atomic E-state index is 0.000564. The molecule has 2 rings (SSSR count). The van der Waals surface area contributed by atoms with Gasteiger partial charge in [0, 0.05) is 30.5 Å². The van der Waals surface area contributed by atoms with Crippen molar-refractivity contribution in [3.63, 3.8) is 0 Å². The average molecular weight is 263 g/mol. The molecule has 4 nitrogen and oxygen atoms in total. The van der Waals surface area contributed by atoms with E-state index in [1.165, 1.54) is 37.8 Å². The van der Waals surface area contributed by atoms with Gasteiger partial charge < -0.3 is 15.6 Å². The first-order chi connectivity index (χ1) is 9.15. The standard InChI is InChI=1S/C15H25N3O/c1-11-10-14(15(19)17-9-8-16)12(2)18(11)13-6-4-3-5-7-13/h10,13H,3-9,16H2,1-2H3,(H,17,19). The molecule has 4 heteroatoms. The van der Waals surface area contributed by atoms with Crippen LogP contribution in [0, 0.1) is 13.8 Å². The predicted octanol–water partition coefficient (Wildman–Crippen LogP) is 2.30. The molecule has 0 saturated heterocycles. The molecule has 1 aliphatic rings. The highest BCUT2D eigenvalue weighted by Gasteiger charge is 2.22. The molecule has 1 heterocycles. The van der Waals surface area contributed by atoms with Gasteiger partial charge in [-0.15, -0.1) is 0 Å². The van der Waals surface area contributed by atoms with Crippen LogP contribution in [0.1, 0.15) is 59.9 Å². The third-order valence-electron chi connectivity index (χ3n) is 4.10. The van der Waals surface area contributed by atoms with Crippen LogP contribution < -0.4 is 11.1 Å². The molecule has 19 heavy (non-hydrogen) atoms. The number of nitrogens with two attached hydrogens (primary N) is 1. The third kappa shape index (κ3) is 3.00. The zero-order valence-electron chi connectivity index (χ0n) is 12.0. The Morgan fingerprint density at radius 3 is 2.68 bits per heavy atom. The summed E-state index contributed by atoms with van der Waals surface area (Å²) in [6.07, 6.45) is 6.42. The van der Waals surface area contributed by atoms with Gasteiger partial charge in [-0.3, -0.25) is 4.79 Å². The van der Waals surface area contributed by atoms with Crippen LogP contribution in [0.5, 0.6) is 0 Å². The molecule has 1 fully saturated rings. The van der Waals surface area contributed by atoms with Crippen molar-refractivity contribution in [2.75, 3.05) is 13.1 Å². The second-order valence-corrected chi connectivity index (χ2v) is 5.49. The third-order valence-corrected chi connectivity index (χ3v) is 4.10. The van der Waals surface area contributed by atoms with Gasteiger partial charge >= 0.3 is 0 Å².